The van der Waals surface area contributed by atoms with Gasteiger partial charge in [0, 0.05) is 48.0 Å². The number of nitrogens with zero attached hydrogens (tertiary/aromatic N) is 2. The molecule has 0 radical (unpaired) electrons. The molecule has 3 nitrogen and oxygen atoms in total. The maximum Gasteiger partial charge on any atom is 0.159 e. The molecular weight excluding hydrogens is 821 g/mol. The second-order valence-electron chi connectivity index (χ2n) is 16.9. The zero-order valence-corrected chi connectivity index (χ0v) is 36.6. The predicted molar refractivity (Wildman–Crippen MR) is 282 cm³/mol. The molecule has 0 saturated heterocycles. The zero-order chi connectivity index (χ0) is 43.6. The second-order valence-corrected chi connectivity index (χ2v) is 18.0. The predicted octanol–water partition coefficient (Wildman–Crippen LogP) is 18.5. The lowest BCUT2D eigenvalue weighted by Crippen LogP contribution is -2.17. The molecule has 0 saturated carbocycles. The van der Waals surface area contributed by atoms with E-state index in [1.165, 1.54) is 36.3 Å². The van der Waals surface area contributed by atoms with Crippen molar-refractivity contribution in [1.29, 1.82) is 0 Å². The first-order chi connectivity index (χ1) is 32.7. The third kappa shape index (κ3) is 6.42. The lowest BCUT2D eigenvalue weighted by molar-refractivity contribution is 0.669. The van der Waals surface area contributed by atoms with Gasteiger partial charge in [0.2, 0.25) is 0 Å². The molecule has 0 unspecified atom stereocenters. The summed E-state index contributed by atoms with van der Waals surface area (Å²) in [4.78, 5) is 4.90. The van der Waals surface area contributed by atoms with Crippen LogP contribution in [0.25, 0.3) is 85.9 Å². The number of fused-ring (bicyclic) bond motifs is 9. The quantitative estimate of drug-likeness (QED) is 0.152. The van der Waals surface area contributed by atoms with Crippen molar-refractivity contribution >= 4 is 109 Å². The highest BCUT2D eigenvalue weighted by molar-refractivity contribution is 7.26. The van der Waals surface area contributed by atoms with Gasteiger partial charge in [-0.2, -0.15) is 0 Å². The Hall–Kier alpha value is -8.44. The first kappa shape index (κ1) is 38.1. The van der Waals surface area contributed by atoms with Gasteiger partial charge in [0.15, 0.2) is 5.58 Å². The highest BCUT2D eigenvalue weighted by atomic mass is 32.1. The molecule has 0 spiro atoms. The molecule has 0 amide bonds. The topological polar surface area (TPSA) is 19.6 Å². The molecule has 0 fully saturated rings. The molecule has 0 N–H and O–H groups in total. The van der Waals surface area contributed by atoms with E-state index in [9.17, 15) is 0 Å². The molecule has 2 aromatic heterocycles. The van der Waals surface area contributed by atoms with Gasteiger partial charge in [0.05, 0.1) is 17.1 Å². The van der Waals surface area contributed by atoms with Crippen molar-refractivity contribution in [2.75, 3.05) is 9.80 Å². The van der Waals surface area contributed by atoms with Crippen molar-refractivity contribution in [3.63, 3.8) is 0 Å². The molecule has 13 rings (SSSR count). The molecule has 310 valence electrons. The number of furan rings is 1. The van der Waals surface area contributed by atoms with Crippen molar-refractivity contribution in [2.24, 2.45) is 0 Å². The van der Waals surface area contributed by atoms with Crippen LogP contribution in [0.4, 0.5) is 34.1 Å². The van der Waals surface area contributed by atoms with Crippen LogP contribution < -0.4 is 9.80 Å². The van der Waals surface area contributed by atoms with Gasteiger partial charge >= 0.3 is 0 Å². The van der Waals surface area contributed by atoms with Gasteiger partial charge in [-0.1, -0.05) is 176 Å². The number of benzene rings is 11. The Labute approximate surface area is 386 Å². The molecule has 2 heterocycles. The third-order valence-corrected chi connectivity index (χ3v) is 14.1. The van der Waals surface area contributed by atoms with Crippen LogP contribution >= 0.6 is 11.3 Å². The first-order valence-corrected chi connectivity index (χ1v) is 23.2. The number of rotatable bonds is 8. The average molecular weight is 861 g/mol. The Morgan fingerprint density at radius 3 is 1.61 bits per heavy atom. The lowest BCUT2D eigenvalue weighted by Gasteiger charge is -2.34. The van der Waals surface area contributed by atoms with Crippen molar-refractivity contribution in [3.8, 4) is 22.3 Å². The molecule has 0 atom stereocenters. The van der Waals surface area contributed by atoms with Gasteiger partial charge in [-0.25, -0.2) is 0 Å². The number of hydrogen-bond donors (Lipinski definition) is 0. The lowest BCUT2D eigenvalue weighted by atomic mass is 10.00. The summed E-state index contributed by atoms with van der Waals surface area (Å²) in [5, 5.41) is 9.49. The summed E-state index contributed by atoms with van der Waals surface area (Å²) in [7, 11) is 0. The number of para-hydroxylation sites is 2. The number of hydrogen-bond acceptors (Lipinski definition) is 4. The summed E-state index contributed by atoms with van der Waals surface area (Å²) in [5.41, 5.74) is 12.5. The summed E-state index contributed by atoms with van der Waals surface area (Å²) in [6, 6.07) is 87.9. The monoisotopic (exact) mass is 860 g/mol. The fourth-order valence-corrected chi connectivity index (χ4v) is 11.0. The summed E-state index contributed by atoms with van der Waals surface area (Å²) < 4.78 is 9.39. The van der Waals surface area contributed by atoms with E-state index >= 15 is 0 Å². The van der Waals surface area contributed by atoms with E-state index in [0.29, 0.717) is 0 Å². The molecule has 0 aliphatic heterocycles. The SMILES string of the molecule is c1ccc(-c2cccc(N(c3cccc(-c4ccccc4)c3)c3cc4c(cc3N(c3ccc5ccccc5c3)c3cccc5c3oc3ccccc35)sc3ccc5ccccc5c34)c2)cc1. The average Bonchev–Trinajstić information content (AvgIpc) is 3.96. The van der Waals surface area contributed by atoms with Crippen molar-refractivity contribution < 1.29 is 4.42 Å². The highest BCUT2D eigenvalue weighted by Gasteiger charge is 2.28. The molecule has 13 aromatic rings. The van der Waals surface area contributed by atoms with Crippen LogP contribution in [0.3, 0.4) is 0 Å². The normalized spacial score (nSPS) is 11.6. The summed E-state index contributed by atoms with van der Waals surface area (Å²) in [5.74, 6) is 0. The van der Waals surface area contributed by atoms with Crippen LogP contribution in [0.1, 0.15) is 0 Å². The van der Waals surface area contributed by atoms with Crippen LogP contribution in [0, 0.1) is 0 Å². The fraction of sp³-hybridized carbons (Fsp3) is 0. The van der Waals surface area contributed by atoms with Gasteiger partial charge in [-0.3, -0.25) is 0 Å². The zero-order valence-electron chi connectivity index (χ0n) is 35.8. The minimum Gasteiger partial charge on any atom is -0.454 e. The number of thiophene rings is 1. The Bertz CT molecular complexity index is 3880. The molecule has 0 aliphatic rings. The van der Waals surface area contributed by atoms with E-state index < -0.39 is 0 Å². The Balaban J connectivity index is 1.17. The van der Waals surface area contributed by atoms with Gasteiger partial charge in [-0.05, 0) is 111 Å². The van der Waals surface area contributed by atoms with E-state index in [4.69, 9.17) is 4.42 Å². The van der Waals surface area contributed by atoms with Crippen LogP contribution in [0.2, 0.25) is 0 Å². The Morgan fingerprint density at radius 2 is 0.864 bits per heavy atom. The van der Waals surface area contributed by atoms with E-state index in [2.05, 4.69) is 246 Å². The van der Waals surface area contributed by atoms with Crippen LogP contribution in [0.5, 0.6) is 0 Å². The summed E-state index contributed by atoms with van der Waals surface area (Å²) in [6.07, 6.45) is 0. The van der Waals surface area contributed by atoms with E-state index in [1.807, 2.05) is 17.4 Å². The molecule has 66 heavy (non-hydrogen) atoms. The van der Waals surface area contributed by atoms with Crippen LogP contribution in [-0.2, 0) is 0 Å². The van der Waals surface area contributed by atoms with Crippen molar-refractivity contribution in [3.05, 3.63) is 243 Å². The molecular formula is C62H40N2OS. The number of anilines is 6. The fourth-order valence-electron chi connectivity index (χ4n) is 9.90. The van der Waals surface area contributed by atoms with Gasteiger partial charge in [0.1, 0.15) is 5.58 Å². The molecule has 4 heteroatoms. The second kappa shape index (κ2) is 15.7. The smallest absolute Gasteiger partial charge is 0.159 e. The van der Waals surface area contributed by atoms with Gasteiger partial charge in [0.25, 0.3) is 0 Å². The van der Waals surface area contributed by atoms with Crippen LogP contribution in [0.15, 0.2) is 247 Å². The largest absolute Gasteiger partial charge is 0.454 e. The summed E-state index contributed by atoms with van der Waals surface area (Å²) >= 11 is 1.85. The van der Waals surface area contributed by atoms with E-state index in [0.717, 1.165) is 83.7 Å². The van der Waals surface area contributed by atoms with Crippen molar-refractivity contribution in [1.82, 2.24) is 0 Å². The van der Waals surface area contributed by atoms with E-state index in [1.54, 1.807) is 0 Å². The standard InChI is InChI=1S/C62H40N2OS/c1-3-16-41(17-4-1)46-23-13-25-48(36-46)63(49-26-14-24-47(37-49)42-18-5-2-6-19-42)56-39-54-60(66-59-35-33-44-21-9-10-27-51(44)61(54)59)40-57(56)64(50-34-32-43-20-7-8-22-45(43)38-50)55-30-15-29-53-52-28-11-12-31-58(52)65-62(53)55/h1-40H. The molecule has 0 aliphatic carbocycles. The van der Waals surface area contributed by atoms with Gasteiger partial charge in [-0.15, -0.1) is 11.3 Å². The highest BCUT2D eigenvalue weighted by Crippen LogP contribution is 2.53. The minimum absolute atomic E-state index is 0.837. The maximum absolute atomic E-state index is 6.93. The van der Waals surface area contributed by atoms with Gasteiger partial charge < -0.3 is 14.2 Å². The Morgan fingerprint density at radius 1 is 0.303 bits per heavy atom. The maximum atomic E-state index is 6.93. The van der Waals surface area contributed by atoms with Crippen LogP contribution in [-0.4, -0.2) is 0 Å². The molecule has 0 bridgehead atoms. The minimum atomic E-state index is 0.837. The third-order valence-electron chi connectivity index (χ3n) is 13.0. The van der Waals surface area contributed by atoms with E-state index in [-0.39, 0.29) is 0 Å². The first-order valence-electron chi connectivity index (χ1n) is 22.4. The van der Waals surface area contributed by atoms with Crippen molar-refractivity contribution in [2.45, 2.75) is 0 Å². The molecule has 11 aromatic carbocycles. The summed E-state index contributed by atoms with van der Waals surface area (Å²) in [6.45, 7) is 0. The Kier molecular flexibility index (Phi) is 9.03.